The summed E-state index contributed by atoms with van der Waals surface area (Å²) in [4.78, 5) is 2.89. The lowest BCUT2D eigenvalue weighted by Gasteiger charge is -2.42. The normalized spacial score (nSPS) is 42.0. The number of rotatable bonds is 5. The van der Waals surface area contributed by atoms with Crippen molar-refractivity contribution in [2.75, 3.05) is 19.6 Å². The summed E-state index contributed by atoms with van der Waals surface area (Å²) in [5, 5.41) is 3.87. The van der Waals surface area contributed by atoms with Crippen molar-refractivity contribution in [2.24, 2.45) is 17.8 Å². The SMILES string of the molecule is CCCNC1CCC(CC)CC1N1CC2CCCC2C1. The third-order valence-corrected chi connectivity index (χ3v) is 6.38. The molecule has 0 aromatic heterocycles. The molecular formula is C18H34N2. The minimum absolute atomic E-state index is 0.775. The smallest absolute Gasteiger partial charge is 0.0252 e. The highest BCUT2D eigenvalue weighted by Gasteiger charge is 2.42. The van der Waals surface area contributed by atoms with Gasteiger partial charge >= 0.3 is 0 Å². The highest BCUT2D eigenvalue weighted by atomic mass is 15.2. The molecule has 1 saturated heterocycles. The number of likely N-dealkylation sites (tertiary alicyclic amines) is 1. The van der Waals surface area contributed by atoms with Crippen LogP contribution in [0.4, 0.5) is 0 Å². The van der Waals surface area contributed by atoms with Crippen molar-refractivity contribution in [3.05, 3.63) is 0 Å². The lowest BCUT2D eigenvalue weighted by atomic mass is 9.80. The summed E-state index contributed by atoms with van der Waals surface area (Å²) >= 11 is 0. The molecule has 2 nitrogen and oxygen atoms in total. The van der Waals surface area contributed by atoms with Crippen molar-refractivity contribution < 1.29 is 0 Å². The first-order valence-corrected chi connectivity index (χ1v) is 9.29. The van der Waals surface area contributed by atoms with E-state index in [9.17, 15) is 0 Å². The fourth-order valence-electron chi connectivity index (χ4n) is 5.12. The van der Waals surface area contributed by atoms with E-state index in [-0.39, 0.29) is 0 Å². The molecule has 3 fully saturated rings. The standard InChI is InChI=1S/C18H34N2/c1-3-10-19-17-9-8-14(4-2)11-18(17)20-12-15-6-5-7-16(15)13-20/h14-19H,3-13H2,1-2H3. The van der Waals surface area contributed by atoms with Gasteiger partial charge in [-0.05, 0) is 62.8 Å². The molecule has 0 aromatic rings. The molecule has 1 aliphatic heterocycles. The molecule has 0 amide bonds. The highest BCUT2D eigenvalue weighted by molar-refractivity contribution is 4.97. The number of fused-ring (bicyclic) bond motifs is 1. The Morgan fingerprint density at radius 2 is 1.75 bits per heavy atom. The van der Waals surface area contributed by atoms with E-state index in [0.29, 0.717) is 0 Å². The maximum absolute atomic E-state index is 3.87. The van der Waals surface area contributed by atoms with Gasteiger partial charge in [0.25, 0.3) is 0 Å². The molecule has 0 aromatic carbocycles. The largest absolute Gasteiger partial charge is 0.312 e. The summed E-state index contributed by atoms with van der Waals surface area (Å²) in [5.41, 5.74) is 0. The van der Waals surface area contributed by atoms with E-state index in [1.807, 2.05) is 0 Å². The van der Waals surface area contributed by atoms with Crippen molar-refractivity contribution >= 4 is 0 Å². The van der Waals surface area contributed by atoms with Crippen LogP contribution in [0.15, 0.2) is 0 Å². The summed E-state index contributed by atoms with van der Waals surface area (Å²) in [6.45, 7) is 8.71. The Morgan fingerprint density at radius 1 is 1.00 bits per heavy atom. The first kappa shape index (κ1) is 14.8. The highest BCUT2D eigenvalue weighted by Crippen LogP contribution is 2.41. The molecule has 0 radical (unpaired) electrons. The van der Waals surface area contributed by atoms with Crippen molar-refractivity contribution in [3.8, 4) is 0 Å². The van der Waals surface area contributed by atoms with Crippen LogP contribution in [0.2, 0.25) is 0 Å². The first-order valence-electron chi connectivity index (χ1n) is 9.29. The molecule has 116 valence electrons. The van der Waals surface area contributed by atoms with E-state index < -0.39 is 0 Å². The zero-order valence-electron chi connectivity index (χ0n) is 13.6. The Kier molecular flexibility index (Phi) is 5.04. The van der Waals surface area contributed by atoms with Crippen molar-refractivity contribution in [1.82, 2.24) is 10.2 Å². The molecule has 2 heteroatoms. The Hall–Kier alpha value is -0.0800. The molecule has 1 N–H and O–H groups in total. The molecule has 2 saturated carbocycles. The quantitative estimate of drug-likeness (QED) is 0.825. The summed E-state index contributed by atoms with van der Waals surface area (Å²) < 4.78 is 0. The van der Waals surface area contributed by atoms with Gasteiger partial charge < -0.3 is 5.32 Å². The zero-order valence-corrected chi connectivity index (χ0v) is 13.6. The molecular weight excluding hydrogens is 244 g/mol. The van der Waals surface area contributed by atoms with Crippen LogP contribution in [0.3, 0.4) is 0 Å². The minimum atomic E-state index is 0.775. The first-order chi connectivity index (χ1) is 9.81. The van der Waals surface area contributed by atoms with E-state index in [4.69, 9.17) is 0 Å². The number of nitrogens with one attached hydrogen (secondary N) is 1. The predicted molar refractivity (Wildman–Crippen MR) is 85.9 cm³/mol. The van der Waals surface area contributed by atoms with Crippen LogP contribution in [0, 0.1) is 17.8 Å². The van der Waals surface area contributed by atoms with Crippen LogP contribution in [0.1, 0.15) is 65.2 Å². The van der Waals surface area contributed by atoms with Crippen molar-refractivity contribution in [1.29, 1.82) is 0 Å². The van der Waals surface area contributed by atoms with E-state index in [1.54, 1.807) is 0 Å². The number of nitrogens with zero attached hydrogens (tertiary/aromatic N) is 1. The average molecular weight is 278 g/mol. The molecule has 0 spiro atoms. The minimum Gasteiger partial charge on any atom is -0.312 e. The molecule has 3 rings (SSSR count). The van der Waals surface area contributed by atoms with Gasteiger partial charge in [0.05, 0.1) is 0 Å². The summed E-state index contributed by atoms with van der Waals surface area (Å²) in [7, 11) is 0. The van der Waals surface area contributed by atoms with Gasteiger partial charge in [-0.1, -0.05) is 26.7 Å². The van der Waals surface area contributed by atoms with Gasteiger partial charge in [-0.3, -0.25) is 4.90 Å². The Balaban J connectivity index is 1.62. The second-order valence-corrected chi connectivity index (χ2v) is 7.62. The van der Waals surface area contributed by atoms with Crippen LogP contribution < -0.4 is 5.32 Å². The maximum atomic E-state index is 3.87. The van der Waals surface area contributed by atoms with E-state index in [1.165, 1.54) is 71.0 Å². The topological polar surface area (TPSA) is 15.3 Å². The van der Waals surface area contributed by atoms with Crippen LogP contribution in [0.25, 0.3) is 0 Å². The van der Waals surface area contributed by atoms with Crippen LogP contribution in [-0.4, -0.2) is 36.6 Å². The molecule has 5 unspecified atom stereocenters. The van der Waals surface area contributed by atoms with Gasteiger partial charge in [0.2, 0.25) is 0 Å². The van der Waals surface area contributed by atoms with Gasteiger partial charge in [0, 0.05) is 25.2 Å². The Bertz CT molecular complexity index is 292. The van der Waals surface area contributed by atoms with Crippen molar-refractivity contribution in [2.45, 2.75) is 77.3 Å². The second kappa shape index (κ2) is 6.79. The molecule has 0 bridgehead atoms. The van der Waals surface area contributed by atoms with Gasteiger partial charge in [-0.15, -0.1) is 0 Å². The molecule has 1 heterocycles. The van der Waals surface area contributed by atoms with E-state index in [0.717, 1.165) is 29.8 Å². The van der Waals surface area contributed by atoms with Gasteiger partial charge in [-0.2, -0.15) is 0 Å². The average Bonchev–Trinajstić information content (AvgIpc) is 3.06. The van der Waals surface area contributed by atoms with E-state index in [2.05, 4.69) is 24.1 Å². The fraction of sp³-hybridized carbons (Fsp3) is 1.00. The number of hydrogen-bond donors (Lipinski definition) is 1. The summed E-state index contributed by atoms with van der Waals surface area (Å²) in [5.74, 6) is 3.08. The van der Waals surface area contributed by atoms with Gasteiger partial charge in [-0.25, -0.2) is 0 Å². The summed E-state index contributed by atoms with van der Waals surface area (Å²) in [6.07, 6.45) is 11.5. The predicted octanol–water partition coefficient (Wildman–Crippen LogP) is 3.67. The van der Waals surface area contributed by atoms with Gasteiger partial charge in [0.1, 0.15) is 0 Å². The zero-order chi connectivity index (χ0) is 13.9. The summed E-state index contributed by atoms with van der Waals surface area (Å²) in [6, 6.07) is 1.61. The lowest BCUT2D eigenvalue weighted by Crippen LogP contribution is -2.53. The Morgan fingerprint density at radius 3 is 2.40 bits per heavy atom. The molecule has 20 heavy (non-hydrogen) atoms. The van der Waals surface area contributed by atoms with E-state index >= 15 is 0 Å². The Labute approximate surface area is 125 Å². The van der Waals surface area contributed by atoms with Gasteiger partial charge in [0.15, 0.2) is 0 Å². The van der Waals surface area contributed by atoms with Crippen LogP contribution >= 0.6 is 0 Å². The maximum Gasteiger partial charge on any atom is 0.0252 e. The number of hydrogen-bond acceptors (Lipinski definition) is 2. The molecule has 3 aliphatic rings. The third kappa shape index (κ3) is 3.06. The third-order valence-electron chi connectivity index (χ3n) is 6.38. The fourth-order valence-corrected chi connectivity index (χ4v) is 5.12. The molecule has 2 aliphatic carbocycles. The second-order valence-electron chi connectivity index (χ2n) is 7.62. The molecule has 5 atom stereocenters. The monoisotopic (exact) mass is 278 g/mol. The lowest BCUT2D eigenvalue weighted by molar-refractivity contribution is 0.109. The van der Waals surface area contributed by atoms with Crippen molar-refractivity contribution in [3.63, 3.8) is 0 Å². The van der Waals surface area contributed by atoms with Crippen LogP contribution in [0.5, 0.6) is 0 Å². The van der Waals surface area contributed by atoms with Crippen LogP contribution in [-0.2, 0) is 0 Å².